The number of nitrogens with zero attached hydrogens (tertiary/aromatic N) is 2. The van der Waals surface area contributed by atoms with Crippen LogP contribution in [0.2, 0.25) is 0 Å². The number of fused-ring (bicyclic) bond motifs is 2. The van der Waals surface area contributed by atoms with Gasteiger partial charge < -0.3 is 14.8 Å². The van der Waals surface area contributed by atoms with Gasteiger partial charge in [0.2, 0.25) is 0 Å². The van der Waals surface area contributed by atoms with Gasteiger partial charge in [-0.05, 0) is 36.5 Å². The van der Waals surface area contributed by atoms with Crippen molar-refractivity contribution >= 4 is 48.1 Å². The number of nitrogens with one attached hydrogen (secondary N) is 1. The van der Waals surface area contributed by atoms with Crippen molar-refractivity contribution < 1.29 is 14.3 Å². The quantitative estimate of drug-likeness (QED) is 0.329. The molecule has 2 heterocycles. The van der Waals surface area contributed by atoms with Crippen molar-refractivity contribution in [1.82, 2.24) is 4.98 Å². The lowest BCUT2D eigenvalue weighted by atomic mass is 9.99. The molecule has 0 aliphatic heterocycles. The Kier molecular flexibility index (Phi) is 5.49. The van der Waals surface area contributed by atoms with E-state index in [1.54, 1.807) is 6.92 Å². The van der Waals surface area contributed by atoms with Gasteiger partial charge in [-0.2, -0.15) is 5.26 Å². The maximum atomic E-state index is 11.5. The van der Waals surface area contributed by atoms with E-state index in [0.717, 1.165) is 33.2 Å². The number of hydrogen-bond acceptors (Lipinski definition) is 5. The van der Waals surface area contributed by atoms with E-state index in [4.69, 9.17) is 9.40 Å². The number of para-hydroxylation sites is 1. The number of aromatic nitrogens is 1. The lowest BCUT2D eigenvalue weighted by Crippen LogP contribution is -2.26. The summed E-state index contributed by atoms with van der Waals surface area (Å²) in [5.41, 5.74) is 4.39. The summed E-state index contributed by atoms with van der Waals surface area (Å²) in [5, 5.41) is 25.1. The monoisotopic (exact) mass is 465 g/mol. The molecular formula is C27H20N3O3P. The molecule has 2 aromatic heterocycles. The average molecular weight is 465 g/mol. The lowest BCUT2D eigenvalue weighted by Gasteiger charge is -2.17. The molecule has 0 spiro atoms. The molecule has 7 heteroatoms. The van der Waals surface area contributed by atoms with Crippen molar-refractivity contribution in [3.63, 3.8) is 0 Å². The molecule has 6 nitrogen and oxygen atoms in total. The molecule has 0 bridgehead atoms. The Morgan fingerprint density at radius 2 is 1.82 bits per heavy atom. The van der Waals surface area contributed by atoms with Gasteiger partial charge in [0.25, 0.3) is 0 Å². The molecule has 5 aromatic rings. The fourth-order valence-corrected chi connectivity index (χ4v) is 4.21. The molecule has 2 N–H and O–H groups in total. The first-order valence-corrected chi connectivity index (χ1v) is 11.2. The first-order chi connectivity index (χ1) is 16.4. The van der Waals surface area contributed by atoms with Gasteiger partial charge in [-0.25, -0.2) is 4.98 Å². The molecule has 0 fully saturated rings. The van der Waals surface area contributed by atoms with Gasteiger partial charge in [-0.1, -0.05) is 48.5 Å². The molecule has 0 aliphatic rings. The zero-order valence-electron chi connectivity index (χ0n) is 18.2. The normalized spacial score (nSPS) is 11.9. The SMILES string of the molecule is CC(Nc1c(C#N)c(-c2ccc(-c3cc4ccccc4o3)cc2)nc2ccc(P)cc12)C(=O)O. The van der Waals surface area contributed by atoms with Crippen molar-refractivity contribution in [2.24, 2.45) is 0 Å². The number of carbonyl (C=O) groups is 1. The van der Waals surface area contributed by atoms with Crippen LogP contribution in [0.25, 0.3) is 44.5 Å². The number of aliphatic carboxylic acids is 1. The number of carboxylic acid groups (broad SMARTS) is 1. The van der Waals surface area contributed by atoms with E-state index in [1.807, 2.05) is 72.8 Å². The Morgan fingerprint density at radius 3 is 2.53 bits per heavy atom. The maximum Gasteiger partial charge on any atom is 0.325 e. The molecule has 3 aromatic carbocycles. The Labute approximate surface area is 198 Å². The van der Waals surface area contributed by atoms with E-state index < -0.39 is 12.0 Å². The highest BCUT2D eigenvalue weighted by molar-refractivity contribution is 7.27. The second kappa shape index (κ2) is 8.62. The number of nitriles is 1. The van der Waals surface area contributed by atoms with Crippen LogP contribution < -0.4 is 10.6 Å². The van der Waals surface area contributed by atoms with E-state index in [1.165, 1.54) is 0 Å². The summed E-state index contributed by atoms with van der Waals surface area (Å²) in [6.07, 6.45) is 0. The summed E-state index contributed by atoms with van der Waals surface area (Å²) < 4.78 is 5.96. The molecule has 5 rings (SSSR count). The average Bonchev–Trinajstić information content (AvgIpc) is 3.28. The molecule has 2 unspecified atom stereocenters. The molecule has 0 amide bonds. The van der Waals surface area contributed by atoms with Gasteiger partial charge in [0.1, 0.15) is 29.0 Å². The van der Waals surface area contributed by atoms with Gasteiger partial charge in [-0.3, -0.25) is 4.79 Å². The number of pyridine rings is 1. The summed E-state index contributed by atoms with van der Waals surface area (Å²) in [4.78, 5) is 16.3. The van der Waals surface area contributed by atoms with E-state index in [9.17, 15) is 15.2 Å². The Hall–Kier alpha value is -4.20. The number of furan rings is 1. The summed E-state index contributed by atoms with van der Waals surface area (Å²) >= 11 is 0. The summed E-state index contributed by atoms with van der Waals surface area (Å²) in [7, 11) is 2.61. The number of hydrogen-bond donors (Lipinski definition) is 2. The molecular weight excluding hydrogens is 445 g/mol. The highest BCUT2D eigenvalue weighted by Crippen LogP contribution is 2.35. The summed E-state index contributed by atoms with van der Waals surface area (Å²) in [5.74, 6) is -0.252. The molecule has 0 aliphatic carbocycles. The van der Waals surface area contributed by atoms with Gasteiger partial charge in [0.05, 0.1) is 16.9 Å². The molecule has 0 radical (unpaired) electrons. The smallest absolute Gasteiger partial charge is 0.325 e. The van der Waals surface area contributed by atoms with Crippen LogP contribution in [0.3, 0.4) is 0 Å². The number of benzene rings is 3. The largest absolute Gasteiger partial charge is 0.480 e. The molecule has 0 saturated carbocycles. The van der Waals surface area contributed by atoms with E-state index >= 15 is 0 Å². The third kappa shape index (κ3) is 3.87. The first-order valence-electron chi connectivity index (χ1n) is 10.7. The minimum absolute atomic E-state index is 0.299. The minimum atomic E-state index is -1.01. The number of anilines is 1. The maximum absolute atomic E-state index is 11.5. The Morgan fingerprint density at radius 1 is 1.09 bits per heavy atom. The van der Waals surface area contributed by atoms with Crippen molar-refractivity contribution in [2.75, 3.05) is 5.32 Å². The highest BCUT2D eigenvalue weighted by atomic mass is 31.0. The van der Waals surface area contributed by atoms with Crippen LogP contribution in [0.15, 0.2) is 77.2 Å². The Bertz CT molecular complexity index is 1570. The van der Waals surface area contributed by atoms with Crippen LogP contribution in [0.4, 0.5) is 5.69 Å². The number of rotatable bonds is 5. The predicted octanol–water partition coefficient (Wildman–Crippen LogP) is 5.57. The topological polar surface area (TPSA) is 99.2 Å². The van der Waals surface area contributed by atoms with Crippen molar-refractivity contribution in [1.29, 1.82) is 5.26 Å². The van der Waals surface area contributed by atoms with Gasteiger partial charge >= 0.3 is 5.97 Å². The van der Waals surface area contributed by atoms with Crippen LogP contribution in [-0.2, 0) is 4.79 Å². The lowest BCUT2D eigenvalue weighted by molar-refractivity contribution is -0.137. The molecule has 0 saturated heterocycles. The third-order valence-corrected chi connectivity index (χ3v) is 6.08. The van der Waals surface area contributed by atoms with Gasteiger partial charge in [0, 0.05) is 21.9 Å². The first kappa shape index (κ1) is 21.6. The second-order valence-electron chi connectivity index (χ2n) is 8.03. The van der Waals surface area contributed by atoms with E-state index in [2.05, 4.69) is 20.6 Å². The summed E-state index contributed by atoms with van der Waals surface area (Å²) in [6, 6.07) is 24.5. The van der Waals surface area contributed by atoms with E-state index in [-0.39, 0.29) is 0 Å². The zero-order valence-corrected chi connectivity index (χ0v) is 19.4. The van der Waals surface area contributed by atoms with E-state index in [0.29, 0.717) is 27.8 Å². The fraction of sp³-hybridized carbons (Fsp3) is 0.0741. The van der Waals surface area contributed by atoms with Crippen molar-refractivity contribution in [3.05, 3.63) is 78.4 Å². The van der Waals surface area contributed by atoms with Gasteiger partial charge in [0.15, 0.2) is 0 Å². The van der Waals surface area contributed by atoms with Crippen LogP contribution in [0, 0.1) is 11.3 Å². The van der Waals surface area contributed by atoms with Crippen LogP contribution in [-0.4, -0.2) is 22.1 Å². The molecule has 2 atom stereocenters. The fourth-order valence-electron chi connectivity index (χ4n) is 3.94. The Balaban J connectivity index is 1.63. The van der Waals surface area contributed by atoms with Gasteiger partial charge in [-0.15, -0.1) is 9.24 Å². The van der Waals surface area contributed by atoms with Crippen LogP contribution in [0.1, 0.15) is 12.5 Å². The standard InChI is InChI=1S/C27H20N3O3P/c1-15(27(31)32)29-26-20-13-19(34)10-11-22(20)30-25(21(26)14-28)17-8-6-16(7-9-17)24-12-18-4-2-3-5-23(18)33-24/h2-13,15H,34H2,1H3,(H,29,30)(H,31,32). The van der Waals surface area contributed by atoms with Crippen molar-refractivity contribution in [2.45, 2.75) is 13.0 Å². The zero-order chi connectivity index (χ0) is 23.8. The van der Waals surface area contributed by atoms with Crippen LogP contribution in [0.5, 0.6) is 0 Å². The summed E-state index contributed by atoms with van der Waals surface area (Å²) in [6.45, 7) is 1.54. The minimum Gasteiger partial charge on any atom is -0.480 e. The van der Waals surface area contributed by atoms with Crippen LogP contribution >= 0.6 is 9.24 Å². The number of carboxylic acids is 1. The van der Waals surface area contributed by atoms with Crippen molar-refractivity contribution in [3.8, 4) is 28.7 Å². The predicted molar refractivity (Wildman–Crippen MR) is 137 cm³/mol. The molecule has 166 valence electrons. The molecule has 34 heavy (non-hydrogen) atoms. The second-order valence-corrected chi connectivity index (χ2v) is 8.70. The highest BCUT2D eigenvalue weighted by Gasteiger charge is 2.20. The third-order valence-electron chi connectivity index (χ3n) is 5.72.